The van der Waals surface area contributed by atoms with Crippen LogP contribution in [0.2, 0.25) is 6.32 Å². The fourth-order valence-electron chi connectivity index (χ4n) is 2.65. The van der Waals surface area contributed by atoms with Gasteiger partial charge in [0.1, 0.15) is 5.68 Å². The van der Waals surface area contributed by atoms with E-state index in [1.165, 1.54) is 18.4 Å². The number of nitrogens with zero attached hydrogens (tertiary/aromatic N) is 1. The van der Waals surface area contributed by atoms with E-state index < -0.39 is 0 Å². The van der Waals surface area contributed by atoms with E-state index in [1.807, 2.05) is 36.5 Å². The molecular formula is C21H17BNO2. The zero-order valence-electron chi connectivity index (χ0n) is 13.8. The lowest BCUT2D eigenvalue weighted by molar-refractivity contribution is -0.131. The molecule has 2 heterocycles. The first kappa shape index (κ1) is 16.8. The highest BCUT2D eigenvalue weighted by atomic mass is 16.2. The molecule has 0 aliphatic carbocycles. The van der Waals surface area contributed by atoms with Crippen LogP contribution in [0, 0.1) is 0 Å². The van der Waals surface area contributed by atoms with Crippen molar-refractivity contribution in [3.05, 3.63) is 79.0 Å². The lowest BCUT2D eigenvalue weighted by atomic mass is 9.76. The third-order valence-electron chi connectivity index (χ3n) is 3.92. The first-order valence-corrected chi connectivity index (χ1v) is 8.22. The highest BCUT2D eigenvalue weighted by Gasteiger charge is 2.20. The Labute approximate surface area is 148 Å². The fraction of sp³-hybridized carbons (Fsp3) is 0.0952. The van der Waals surface area contributed by atoms with Crippen LogP contribution >= 0.6 is 0 Å². The second-order valence-corrected chi connectivity index (χ2v) is 5.66. The number of ketones is 1. The highest BCUT2D eigenvalue weighted by molar-refractivity contribution is 6.91. The fourth-order valence-corrected chi connectivity index (χ4v) is 2.65. The Morgan fingerprint density at radius 2 is 1.40 bits per heavy atom. The van der Waals surface area contributed by atoms with Crippen LogP contribution in [0.4, 0.5) is 0 Å². The topological polar surface area (TPSA) is 47.0 Å². The Morgan fingerprint density at radius 1 is 0.760 bits per heavy atom. The first-order chi connectivity index (χ1) is 12.3. The molecule has 25 heavy (non-hydrogen) atoms. The molecule has 0 atom stereocenters. The smallest absolute Gasteiger partial charge is 0.213 e. The Morgan fingerprint density at radius 3 is 1.92 bits per heavy atom. The van der Waals surface area contributed by atoms with E-state index >= 15 is 0 Å². The molecule has 1 aromatic heterocycles. The summed E-state index contributed by atoms with van der Waals surface area (Å²) in [7, 11) is 1.43. The van der Waals surface area contributed by atoms with Crippen LogP contribution < -0.4 is 0 Å². The molecule has 3 aromatic rings. The van der Waals surface area contributed by atoms with E-state index in [2.05, 4.69) is 47.4 Å². The van der Waals surface area contributed by atoms with Crippen LogP contribution in [0.1, 0.15) is 6.42 Å². The number of pyridine rings is 1. The van der Waals surface area contributed by atoms with E-state index in [-0.39, 0.29) is 11.5 Å². The van der Waals surface area contributed by atoms with Crippen molar-refractivity contribution in [1.29, 1.82) is 0 Å². The largest absolute Gasteiger partial charge is 0.303 e. The predicted molar refractivity (Wildman–Crippen MR) is 100 cm³/mol. The summed E-state index contributed by atoms with van der Waals surface area (Å²) in [5.41, 5.74) is 4.25. The number of carbonyl (C=O) groups is 2. The maximum atomic E-state index is 10.2. The molecule has 4 heteroatoms. The van der Waals surface area contributed by atoms with E-state index in [0.29, 0.717) is 12.7 Å². The SMILES string of the molecule is O=C1[B]CCC1=O.c1ccc(-c2cccnc2-c2ccccc2)cc1. The molecule has 0 N–H and O–H groups in total. The number of hydrogen-bond donors (Lipinski definition) is 0. The molecule has 0 bridgehead atoms. The van der Waals surface area contributed by atoms with E-state index in [9.17, 15) is 9.59 Å². The minimum absolute atomic E-state index is 0.236. The quantitative estimate of drug-likeness (QED) is 0.528. The van der Waals surface area contributed by atoms with Gasteiger partial charge in [0, 0.05) is 23.7 Å². The molecule has 0 unspecified atom stereocenters. The van der Waals surface area contributed by atoms with Gasteiger partial charge < -0.3 is 4.79 Å². The summed E-state index contributed by atoms with van der Waals surface area (Å²) in [6, 6.07) is 24.7. The summed E-state index contributed by atoms with van der Waals surface area (Å²) in [4.78, 5) is 24.9. The molecule has 1 saturated heterocycles. The second kappa shape index (κ2) is 8.20. The van der Waals surface area contributed by atoms with Crippen LogP contribution in [0.5, 0.6) is 0 Å². The van der Waals surface area contributed by atoms with Crippen LogP contribution in [0.15, 0.2) is 79.0 Å². The molecule has 1 radical (unpaired) electrons. The highest BCUT2D eigenvalue weighted by Crippen LogP contribution is 2.29. The molecule has 1 aliphatic rings. The van der Waals surface area contributed by atoms with Gasteiger partial charge in [-0.25, -0.2) is 0 Å². The van der Waals surface area contributed by atoms with Crippen LogP contribution in [0.3, 0.4) is 0 Å². The third-order valence-corrected chi connectivity index (χ3v) is 3.92. The summed E-state index contributed by atoms with van der Waals surface area (Å²) >= 11 is 0. The number of carbonyl (C=O) groups excluding carboxylic acids is 2. The monoisotopic (exact) mass is 326 g/mol. The minimum atomic E-state index is -0.306. The maximum absolute atomic E-state index is 10.2. The average Bonchev–Trinajstić information content (AvgIpc) is 3.06. The Kier molecular flexibility index (Phi) is 5.52. The summed E-state index contributed by atoms with van der Waals surface area (Å²) in [6.07, 6.45) is 2.92. The molecular weight excluding hydrogens is 309 g/mol. The van der Waals surface area contributed by atoms with E-state index in [1.54, 1.807) is 0 Å². The molecule has 121 valence electrons. The van der Waals surface area contributed by atoms with Gasteiger partial charge in [-0.2, -0.15) is 0 Å². The van der Waals surface area contributed by atoms with Crippen molar-refractivity contribution in [3.8, 4) is 22.4 Å². The van der Waals surface area contributed by atoms with E-state index in [4.69, 9.17) is 0 Å². The number of Topliss-reactive ketones (excluding diaryl/α,β-unsaturated/α-hetero) is 1. The van der Waals surface area contributed by atoms with Crippen molar-refractivity contribution in [2.75, 3.05) is 0 Å². The van der Waals surface area contributed by atoms with Crippen molar-refractivity contribution in [1.82, 2.24) is 4.98 Å². The van der Waals surface area contributed by atoms with Gasteiger partial charge >= 0.3 is 0 Å². The van der Waals surface area contributed by atoms with Gasteiger partial charge in [0.05, 0.1) is 5.69 Å². The summed E-state index contributed by atoms with van der Waals surface area (Å²) in [5, 5.41) is 0. The zero-order chi connectivity index (χ0) is 17.5. The zero-order valence-corrected chi connectivity index (χ0v) is 13.8. The molecule has 3 nitrogen and oxygen atoms in total. The second-order valence-electron chi connectivity index (χ2n) is 5.66. The number of hydrogen-bond acceptors (Lipinski definition) is 3. The van der Waals surface area contributed by atoms with E-state index in [0.717, 1.165) is 11.3 Å². The molecule has 0 saturated carbocycles. The lowest BCUT2D eigenvalue weighted by Gasteiger charge is -2.08. The van der Waals surface area contributed by atoms with Gasteiger partial charge in [-0.05, 0) is 11.6 Å². The van der Waals surface area contributed by atoms with Gasteiger partial charge in [0.2, 0.25) is 7.28 Å². The summed E-state index contributed by atoms with van der Waals surface area (Å²) in [5.74, 6) is -0.236. The number of rotatable bonds is 2. The van der Waals surface area contributed by atoms with Gasteiger partial charge in [-0.15, -0.1) is 0 Å². The van der Waals surface area contributed by atoms with Gasteiger partial charge in [-0.1, -0.05) is 73.1 Å². The normalized spacial score (nSPS) is 13.0. The van der Waals surface area contributed by atoms with Crippen LogP contribution in [-0.4, -0.2) is 23.7 Å². The molecule has 1 aliphatic heterocycles. The minimum Gasteiger partial charge on any atom is -0.303 e. The van der Waals surface area contributed by atoms with Gasteiger partial charge in [0.15, 0.2) is 5.78 Å². The number of aromatic nitrogens is 1. The standard InChI is InChI=1S/C17H13N.C4H4BO2/c1-3-8-14(9-4-1)16-12-7-13-18-17(16)15-10-5-2-6-11-15;6-3-1-2-5-4(3)7/h1-13H;1-2H2. The molecule has 4 rings (SSSR count). The Balaban J connectivity index is 0.000000219. The van der Waals surface area contributed by atoms with Crippen LogP contribution in [0.25, 0.3) is 22.4 Å². The van der Waals surface area contributed by atoms with Crippen molar-refractivity contribution >= 4 is 18.7 Å². The average molecular weight is 326 g/mol. The first-order valence-electron chi connectivity index (χ1n) is 8.22. The molecule has 0 amide bonds. The van der Waals surface area contributed by atoms with Gasteiger partial charge in [-0.3, -0.25) is 9.78 Å². The third kappa shape index (κ3) is 4.30. The summed E-state index contributed by atoms with van der Waals surface area (Å²) in [6.45, 7) is 0. The van der Waals surface area contributed by atoms with Crippen molar-refractivity contribution in [3.63, 3.8) is 0 Å². The molecule has 2 aromatic carbocycles. The predicted octanol–water partition coefficient (Wildman–Crippen LogP) is 4.02. The summed E-state index contributed by atoms with van der Waals surface area (Å²) < 4.78 is 0. The molecule has 1 fully saturated rings. The number of benzene rings is 2. The van der Waals surface area contributed by atoms with Crippen molar-refractivity contribution < 1.29 is 9.59 Å². The Bertz CT molecular complexity index is 791. The van der Waals surface area contributed by atoms with Crippen molar-refractivity contribution in [2.24, 2.45) is 0 Å². The van der Waals surface area contributed by atoms with Crippen molar-refractivity contribution in [2.45, 2.75) is 12.7 Å². The Hall–Kier alpha value is -3.01. The van der Waals surface area contributed by atoms with Gasteiger partial charge in [0.25, 0.3) is 0 Å². The maximum Gasteiger partial charge on any atom is 0.213 e. The van der Waals surface area contributed by atoms with Crippen LogP contribution in [-0.2, 0) is 9.59 Å². The lowest BCUT2D eigenvalue weighted by Crippen LogP contribution is -2.08. The molecule has 0 spiro atoms.